The van der Waals surface area contributed by atoms with Crippen molar-refractivity contribution in [2.45, 2.75) is 27.2 Å². The maximum Gasteiger partial charge on any atom is 0.179 e. The van der Waals surface area contributed by atoms with Crippen LogP contribution in [0, 0.1) is 20.8 Å². The molecule has 0 amide bonds. The van der Waals surface area contributed by atoms with E-state index in [1.165, 1.54) is 11.3 Å². The molecule has 0 unspecified atom stereocenters. The molecule has 0 N–H and O–H groups in total. The number of Topliss-reactive ketones (excluding diaryl/α,β-unsaturated/α-hetero) is 1. The Morgan fingerprint density at radius 1 is 1.32 bits per heavy atom. The molecular formula is C15H17NO2S. The summed E-state index contributed by atoms with van der Waals surface area (Å²) in [6.45, 7) is 5.81. The van der Waals surface area contributed by atoms with E-state index in [0.717, 1.165) is 32.5 Å². The van der Waals surface area contributed by atoms with Crippen LogP contribution in [-0.4, -0.2) is 17.9 Å². The Balaban J connectivity index is 2.28. The number of ether oxygens (including phenoxy) is 1. The number of benzene rings is 1. The summed E-state index contributed by atoms with van der Waals surface area (Å²) in [4.78, 5) is 17.4. The molecule has 0 bridgehead atoms. The van der Waals surface area contributed by atoms with Gasteiger partial charge in [-0.15, -0.1) is 11.3 Å². The molecule has 0 spiro atoms. The molecule has 2 aromatic rings. The summed E-state index contributed by atoms with van der Waals surface area (Å²) in [7, 11) is 1.63. The summed E-state index contributed by atoms with van der Waals surface area (Å²) in [5.41, 5.74) is 2.87. The zero-order valence-electron chi connectivity index (χ0n) is 11.6. The van der Waals surface area contributed by atoms with Crippen LogP contribution in [0.2, 0.25) is 0 Å². The number of thiazole rings is 1. The Labute approximate surface area is 117 Å². The summed E-state index contributed by atoms with van der Waals surface area (Å²) in [5.74, 6) is 0.866. The number of aryl methyl sites for hydroxylation is 3. The lowest BCUT2D eigenvalue weighted by molar-refractivity contribution is 0.0995. The molecule has 0 saturated carbocycles. The lowest BCUT2D eigenvalue weighted by Gasteiger charge is -2.08. The van der Waals surface area contributed by atoms with Gasteiger partial charge in [0, 0.05) is 12.0 Å². The van der Waals surface area contributed by atoms with Crippen molar-refractivity contribution in [3.8, 4) is 5.75 Å². The Bertz CT molecular complexity index is 617. The summed E-state index contributed by atoms with van der Waals surface area (Å²) in [5, 5.41) is 0.928. The SMILES string of the molecule is COc1ccc(C)cc1CC(=O)c1sc(C)nc1C. The lowest BCUT2D eigenvalue weighted by Crippen LogP contribution is -2.05. The van der Waals surface area contributed by atoms with E-state index in [9.17, 15) is 4.79 Å². The van der Waals surface area contributed by atoms with E-state index in [1.54, 1.807) is 7.11 Å². The van der Waals surface area contributed by atoms with Crippen LogP contribution in [0.1, 0.15) is 31.5 Å². The highest BCUT2D eigenvalue weighted by Crippen LogP contribution is 2.24. The van der Waals surface area contributed by atoms with Gasteiger partial charge in [-0.3, -0.25) is 4.79 Å². The average Bonchev–Trinajstić information content (AvgIpc) is 2.69. The largest absolute Gasteiger partial charge is 0.496 e. The van der Waals surface area contributed by atoms with E-state index in [2.05, 4.69) is 4.98 Å². The van der Waals surface area contributed by atoms with Crippen LogP contribution in [0.4, 0.5) is 0 Å². The third-order valence-corrected chi connectivity index (χ3v) is 4.06. The van der Waals surface area contributed by atoms with Gasteiger partial charge in [-0.1, -0.05) is 17.7 Å². The first-order chi connectivity index (χ1) is 9.01. The van der Waals surface area contributed by atoms with Gasteiger partial charge in [0.25, 0.3) is 0 Å². The molecule has 0 aliphatic carbocycles. The Kier molecular flexibility index (Phi) is 4.00. The molecule has 0 fully saturated rings. The molecule has 3 nitrogen and oxygen atoms in total. The predicted molar refractivity (Wildman–Crippen MR) is 77.4 cm³/mol. The smallest absolute Gasteiger partial charge is 0.179 e. The molecule has 0 radical (unpaired) electrons. The fourth-order valence-corrected chi connectivity index (χ4v) is 2.95. The Hall–Kier alpha value is -1.68. The van der Waals surface area contributed by atoms with Crippen molar-refractivity contribution >= 4 is 17.1 Å². The molecule has 2 rings (SSSR count). The topological polar surface area (TPSA) is 39.2 Å². The number of nitrogens with zero attached hydrogens (tertiary/aromatic N) is 1. The van der Waals surface area contributed by atoms with Crippen molar-refractivity contribution < 1.29 is 9.53 Å². The third kappa shape index (κ3) is 3.01. The lowest BCUT2D eigenvalue weighted by atomic mass is 10.0. The number of carbonyl (C=O) groups excluding carboxylic acids is 1. The number of rotatable bonds is 4. The van der Waals surface area contributed by atoms with E-state index in [-0.39, 0.29) is 5.78 Å². The maximum absolute atomic E-state index is 12.3. The molecular weight excluding hydrogens is 258 g/mol. The van der Waals surface area contributed by atoms with E-state index in [4.69, 9.17) is 4.74 Å². The second kappa shape index (κ2) is 5.53. The Morgan fingerprint density at radius 2 is 2.05 bits per heavy atom. The van der Waals surface area contributed by atoms with Gasteiger partial charge in [0.05, 0.1) is 22.7 Å². The van der Waals surface area contributed by atoms with Crippen LogP contribution in [0.5, 0.6) is 5.75 Å². The minimum Gasteiger partial charge on any atom is -0.496 e. The first-order valence-electron chi connectivity index (χ1n) is 6.12. The van der Waals surface area contributed by atoms with Gasteiger partial charge < -0.3 is 4.74 Å². The van der Waals surface area contributed by atoms with Gasteiger partial charge in [0.1, 0.15) is 5.75 Å². The number of aromatic nitrogens is 1. The van der Waals surface area contributed by atoms with Crippen LogP contribution in [0.3, 0.4) is 0 Å². The van der Waals surface area contributed by atoms with E-state index < -0.39 is 0 Å². The van der Waals surface area contributed by atoms with Gasteiger partial charge in [-0.2, -0.15) is 0 Å². The maximum atomic E-state index is 12.3. The number of hydrogen-bond acceptors (Lipinski definition) is 4. The molecule has 19 heavy (non-hydrogen) atoms. The highest BCUT2D eigenvalue weighted by Gasteiger charge is 2.16. The van der Waals surface area contributed by atoms with Gasteiger partial charge in [-0.05, 0) is 26.8 Å². The minimum atomic E-state index is 0.104. The van der Waals surface area contributed by atoms with Crippen molar-refractivity contribution in [1.82, 2.24) is 4.98 Å². The second-order valence-corrected chi connectivity index (χ2v) is 5.77. The van der Waals surface area contributed by atoms with E-state index in [0.29, 0.717) is 6.42 Å². The molecule has 4 heteroatoms. The minimum absolute atomic E-state index is 0.104. The quantitative estimate of drug-likeness (QED) is 0.802. The monoisotopic (exact) mass is 275 g/mol. The van der Waals surface area contributed by atoms with Gasteiger partial charge in [0.2, 0.25) is 0 Å². The number of hydrogen-bond donors (Lipinski definition) is 0. The summed E-state index contributed by atoms with van der Waals surface area (Å²) in [6, 6.07) is 5.89. The number of ketones is 1. The highest BCUT2D eigenvalue weighted by atomic mass is 32.1. The third-order valence-electron chi connectivity index (χ3n) is 2.94. The van der Waals surface area contributed by atoms with Crippen LogP contribution in [-0.2, 0) is 6.42 Å². The number of carbonyl (C=O) groups is 1. The standard InChI is InChI=1S/C15H17NO2S/c1-9-5-6-14(18-4)12(7-9)8-13(17)15-10(2)16-11(3)19-15/h5-7H,8H2,1-4H3. The zero-order chi connectivity index (χ0) is 14.0. The second-order valence-electron chi connectivity index (χ2n) is 4.56. The van der Waals surface area contributed by atoms with Crippen LogP contribution >= 0.6 is 11.3 Å². The first kappa shape index (κ1) is 13.7. The van der Waals surface area contributed by atoms with Crippen molar-refractivity contribution in [2.75, 3.05) is 7.11 Å². The predicted octanol–water partition coefficient (Wildman–Crippen LogP) is 3.50. The van der Waals surface area contributed by atoms with Crippen molar-refractivity contribution in [2.24, 2.45) is 0 Å². The van der Waals surface area contributed by atoms with Crippen LogP contribution in [0.25, 0.3) is 0 Å². The van der Waals surface area contributed by atoms with Crippen molar-refractivity contribution in [1.29, 1.82) is 0 Å². The van der Waals surface area contributed by atoms with E-state index in [1.807, 2.05) is 39.0 Å². The molecule has 0 saturated heterocycles. The van der Waals surface area contributed by atoms with E-state index >= 15 is 0 Å². The highest BCUT2D eigenvalue weighted by molar-refractivity contribution is 7.13. The Morgan fingerprint density at radius 3 is 2.63 bits per heavy atom. The molecule has 0 aliphatic heterocycles. The van der Waals surface area contributed by atoms with Crippen molar-refractivity contribution in [3.05, 3.63) is 44.9 Å². The van der Waals surface area contributed by atoms with Gasteiger partial charge >= 0.3 is 0 Å². The molecule has 0 aliphatic rings. The summed E-state index contributed by atoms with van der Waals surface area (Å²) >= 11 is 1.46. The number of methoxy groups -OCH3 is 1. The zero-order valence-corrected chi connectivity index (χ0v) is 12.4. The van der Waals surface area contributed by atoms with Gasteiger partial charge in [-0.25, -0.2) is 4.98 Å². The molecule has 1 heterocycles. The average molecular weight is 275 g/mol. The fourth-order valence-electron chi connectivity index (χ4n) is 2.09. The normalized spacial score (nSPS) is 10.5. The van der Waals surface area contributed by atoms with Crippen LogP contribution < -0.4 is 4.74 Å². The van der Waals surface area contributed by atoms with Crippen molar-refractivity contribution in [3.63, 3.8) is 0 Å². The van der Waals surface area contributed by atoms with Crippen LogP contribution in [0.15, 0.2) is 18.2 Å². The fraction of sp³-hybridized carbons (Fsp3) is 0.333. The summed E-state index contributed by atoms with van der Waals surface area (Å²) < 4.78 is 5.31. The molecule has 1 aromatic heterocycles. The van der Waals surface area contributed by atoms with Gasteiger partial charge in [0.15, 0.2) is 5.78 Å². The molecule has 0 atom stereocenters. The first-order valence-corrected chi connectivity index (χ1v) is 6.93. The molecule has 100 valence electrons. The molecule has 1 aromatic carbocycles. The summed E-state index contributed by atoms with van der Waals surface area (Å²) in [6.07, 6.45) is 0.354.